The van der Waals surface area contributed by atoms with E-state index in [1.165, 1.54) is 6.42 Å². The Balaban J connectivity index is 1.84. The van der Waals surface area contributed by atoms with E-state index >= 15 is 0 Å². The lowest BCUT2D eigenvalue weighted by molar-refractivity contribution is -0.143. The normalized spacial score (nSPS) is 30.3. The third-order valence-corrected chi connectivity index (χ3v) is 3.50. The third-order valence-electron chi connectivity index (χ3n) is 3.50. The van der Waals surface area contributed by atoms with Gasteiger partial charge in [-0.1, -0.05) is 0 Å². The summed E-state index contributed by atoms with van der Waals surface area (Å²) in [6.07, 6.45) is 3.90. The van der Waals surface area contributed by atoms with Crippen LogP contribution in [0.2, 0.25) is 0 Å². The molecule has 0 aromatic heterocycles. The van der Waals surface area contributed by atoms with Gasteiger partial charge in [-0.2, -0.15) is 0 Å². The zero-order valence-corrected chi connectivity index (χ0v) is 10.3. The van der Waals surface area contributed by atoms with E-state index in [0.717, 1.165) is 19.4 Å². The topological polar surface area (TPSA) is 64.8 Å². The first-order valence-corrected chi connectivity index (χ1v) is 6.50. The summed E-state index contributed by atoms with van der Waals surface area (Å²) in [5.41, 5.74) is 5.66. The van der Waals surface area contributed by atoms with Crippen LogP contribution in [0.15, 0.2) is 0 Å². The molecule has 0 saturated carbocycles. The first-order valence-electron chi connectivity index (χ1n) is 6.50. The van der Waals surface area contributed by atoms with Crippen LogP contribution >= 0.6 is 0 Å². The number of hydrogen-bond donors (Lipinski definition) is 1. The fourth-order valence-electron chi connectivity index (χ4n) is 2.46. The van der Waals surface area contributed by atoms with Crippen molar-refractivity contribution in [3.05, 3.63) is 0 Å². The van der Waals surface area contributed by atoms with Crippen molar-refractivity contribution in [1.29, 1.82) is 0 Å². The molecule has 2 atom stereocenters. The maximum atomic E-state index is 12.2. The second kappa shape index (κ2) is 6.33. The number of hydrogen-bond acceptors (Lipinski definition) is 4. The molecule has 2 saturated heterocycles. The van der Waals surface area contributed by atoms with Gasteiger partial charge >= 0.3 is 0 Å². The SMILES string of the molecule is NCC1COCCN1C(=O)CC1CCCCO1. The molecular formula is C12H22N2O3. The van der Waals surface area contributed by atoms with Gasteiger partial charge in [0.25, 0.3) is 0 Å². The molecule has 5 heteroatoms. The van der Waals surface area contributed by atoms with Crippen LogP contribution in [-0.4, -0.2) is 55.9 Å². The Kier molecular flexibility index (Phi) is 4.76. The van der Waals surface area contributed by atoms with Gasteiger partial charge in [0, 0.05) is 19.7 Å². The molecule has 2 aliphatic heterocycles. The number of morpholine rings is 1. The van der Waals surface area contributed by atoms with E-state index in [1.54, 1.807) is 0 Å². The Hall–Kier alpha value is -0.650. The highest BCUT2D eigenvalue weighted by Crippen LogP contribution is 2.18. The third kappa shape index (κ3) is 3.40. The zero-order valence-electron chi connectivity index (χ0n) is 10.3. The molecule has 98 valence electrons. The average Bonchev–Trinajstić information content (AvgIpc) is 2.40. The lowest BCUT2D eigenvalue weighted by Crippen LogP contribution is -2.52. The summed E-state index contributed by atoms with van der Waals surface area (Å²) >= 11 is 0. The summed E-state index contributed by atoms with van der Waals surface area (Å²) in [5, 5.41) is 0. The molecule has 2 rings (SSSR count). The number of ether oxygens (including phenoxy) is 2. The predicted octanol–water partition coefficient (Wildman–Crippen LogP) is 0.132. The minimum Gasteiger partial charge on any atom is -0.378 e. The molecule has 2 unspecified atom stereocenters. The van der Waals surface area contributed by atoms with Gasteiger partial charge in [-0.25, -0.2) is 0 Å². The summed E-state index contributed by atoms with van der Waals surface area (Å²) in [6.45, 7) is 3.10. The number of amides is 1. The van der Waals surface area contributed by atoms with Gasteiger partial charge in [0.15, 0.2) is 0 Å². The highest BCUT2D eigenvalue weighted by atomic mass is 16.5. The predicted molar refractivity (Wildman–Crippen MR) is 63.6 cm³/mol. The first-order chi connectivity index (χ1) is 8.31. The van der Waals surface area contributed by atoms with E-state index in [1.807, 2.05) is 4.90 Å². The first kappa shape index (κ1) is 12.8. The van der Waals surface area contributed by atoms with E-state index in [9.17, 15) is 4.79 Å². The van der Waals surface area contributed by atoms with Crippen LogP contribution in [0, 0.1) is 0 Å². The molecule has 2 fully saturated rings. The minimum absolute atomic E-state index is 0.0415. The van der Waals surface area contributed by atoms with E-state index < -0.39 is 0 Å². The van der Waals surface area contributed by atoms with E-state index in [2.05, 4.69) is 0 Å². The Morgan fingerprint density at radius 1 is 1.35 bits per heavy atom. The van der Waals surface area contributed by atoms with Crippen LogP contribution in [0.5, 0.6) is 0 Å². The van der Waals surface area contributed by atoms with Crippen molar-refractivity contribution in [2.24, 2.45) is 5.73 Å². The van der Waals surface area contributed by atoms with Crippen LogP contribution in [0.4, 0.5) is 0 Å². The molecular weight excluding hydrogens is 220 g/mol. The van der Waals surface area contributed by atoms with E-state index in [4.69, 9.17) is 15.2 Å². The maximum absolute atomic E-state index is 12.2. The number of carbonyl (C=O) groups excluding carboxylic acids is 1. The van der Waals surface area contributed by atoms with Crippen LogP contribution in [0.3, 0.4) is 0 Å². The molecule has 0 aromatic rings. The smallest absolute Gasteiger partial charge is 0.225 e. The molecule has 2 N–H and O–H groups in total. The standard InChI is InChI=1S/C12H22N2O3/c13-8-10-9-16-6-4-14(10)12(15)7-11-3-1-2-5-17-11/h10-11H,1-9,13H2. The van der Waals surface area contributed by atoms with Crippen LogP contribution in [0.1, 0.15) is 25.7 Å². The molecule has 17 heavy (non-hydrogen) atoms. The Morgan fingerprint density at radius 2 is 2.24 bits per heavy atom. The molecule has 5 nitrogen and oxygen atoms in total. The number of rotatable bonds is 3. The summed E-state index contributed by atoms with van der Waals surface area (Å²) < 4.78 is 10.9. The van der Waals surface area contributed by atoms with E-state index in [0.29, 0.717) is 32.7 Å². The quantitative estimate of drug-likeness (QED) is 0.764. The molecule has 0 spiro atoms. The summed E-state index contributed by atoms with van der Waals surface area (Å²) in [4.78, 5) is 14.0. The van der Waals surface area contributed by atoms with Gasteiger partial charge in [-0.3, -0.25) is 4.79 Å². The summed E-state index contributed by atoms with van der Waals surface area (Å²) in [7, 11) is 0. The van der Waals surface area contributed by atoms with Crippen LogP contribution in [0.25, 0.3) is 0 Å². The summed E-state index contributed by atoms with van der Waals surface area (Å²) in [5.74, 6) is 0.163. The maximum Gasteiger partial charge on any atom is 0.225 e. The van der Waals surface area contributed by atoms with Crippen molar-refractivity contribution in [2.45, 2.75) is 37.8 Å². The van der Waals surface area contributed by atoms with Crippen molar-refractivity contribution in [2.75, 3.05) is 32.9 Å². The highest BCUT2D eigenvalue weighted by Gasteiger charge is 2.28. The molecule has 1 amide bonds. The second-order valence-corrected chi connectivity index (χ2v) is 4.74. The van der Waals surface area contributed by atoms with Crippen molar-refractivity contribution in [3.63, 3.8) is 0 Å². The molecule has 0 radical (unpaired) electrons. The van der Waals surface area contributed by atoms with E-state index in [-0.39, 0.29) is 18.1 Å². The number of nitrogens with zero attached hydrogens (tertiary/aromatic N) is 1. The largest absolute Gasteiger partial charge is 0.378 e. The zero-order chi connectivity index (χ0) is 12.1. The fourth-order valence-corrected chi connectivity index (χ4v) is 2.46. The van der Waals surface area contributed by atoms with Gasteiger partial charge < -0.3 is 20.1 Å². The average molecular weight is 242 g/mol. The van der Waals surface area contributed by atoms with Crippen molar-refractivity contribution >= 4 is 5.91 Å². The Labute approximate surface area is 102 Å². The molecule has 0 bridgehead atoms. The van der Waals surface area contributed by atoms with Crippen LogP contribution < -0.4 is 5.73 Å². The monoisotopic (exact) mass is 242 g/mol. The lowest BCUT2D eigenvalue weighted by Gasteiger charge is -2.36. The molecule has 0 aromatic carbocycles. The second-order valence-electron chi connectivity index (χ2n) is 4.74. The van der Waals surface area contributed by atoms with Gasteiger partial charge in [0.05, 0.1) is 31.8 Å². The number of nitrogens with two attached hydrogens (primary N) is 1. The van der Waals surface area contributed by atoms with Crippen molar-refractivity contribution < 1.29 is 14.3 Å². The lowest BCUT2D eigenvalue weighted by atomic mass is 10.0. The fraction of sp³-hybridized carbons (Fsp3) is 0.917. The molecule has 0 aliphatic carbocycles. The summed E-state index contributed by atoms with van der Waals surface area (Å²) in [6, 6.07) is 0.0415. The van der Waals surface area contributed by atoms with Gasteiger partial charge in [-0.05, 0) is 19.3 Å². The molecule has 2 aliphatic rings. The Bertz CT molecular complexity index is 254. The Morgan fingerprint density at radius 3 is 2.94 bits per heavy atom. The van der Waals surface area contributed by atoms with Crippen LogP contribution in [-0.2, 0) is 14.3 Å². The van der Waals surface area contributed by atoms with Crippen molar-refractivity contribution in [1.82, 2.24) is 4.90 Å². The number of carbonyl (C=O) groups is 1. The van der Waals surface area contributed by atoms with Gasteiger partial charge in [-0.15, -0.1) is 0 Å². The van der Waals surface area contributed by atoms with Gasteiger partial charge in [0.2, 0.25) is 5.91 Å². The minimum atomic E-state index is 0.0415. The molecule has 2 heterocycles. The highest BCUT2D eigenvalue weighted by molar-refractivity contribution is 5.77. The van der Waals surface area contributed by atoms with Crippen molar-refractivity contribution in [3.8, 4) is 0 Å². The van der Waals surface area contributed by atoms with Gasteiger partial charge in [0.1, 0.15) is 0 Å².